The Kier molecular flexibility index (Phi) is 4.37. The lowest BCUT2D eigenvalue weighted by molar-refractivity contribution is -0.138. The highest BCUT2D eigenvalue weighted by Crippen LogP contribution is 2.48. The molecular formula is C20H14F6N2O2. The Labute approximate surface area is 166 Å². The maximum Gasteiger partial charge on any atom is 0.416 e. The minimum absolute atomic E-state index is 0.0290. The van der Waals surface area contributed by atoms with Crippen molar-refractivity contribution in [2.75, 3.05) is 9.80 Å². The predicted molar refractivity (Wildman–Crippen MR) is 94.8 cm³/mol. The van der Waals surface area contributed by atoms with E-state index in [1.165, 1.54) is 0 Å². The summed E-state index contributed by atoms with van der Waals surface area (Å²) in [5.74, 6) is -0.599. The molecule has 1 saturated heterocycles. The second kappa shape index (κ2) is 6.48. The van der Waals surface area contributed by atoms with Crippen molar-refractivity contribution in [2.24, 2.45) is 0 Å². The van der Waals surface area contributed by atoms with Gasteiger partial charge in [0, 0.05) is 5.69 Å². The van der Waals surface area contributed by atoms with Crippen LogP contribution in [-0.2, 0) is 17.1 Å². The van der Waals surface area contributed by atoms with E-state index in [-0.39, 0.29) is 11.4 Å². The van der Waals surface area contributed by atoms with Gasteiger partial charge in [0.05, 0.1) is 16.8 Å². The van der Waals surface area contributed by atoms with Crippen LogP contribution in [-0.4, -0.2) is 17.5 Å². The van der Waals surface area contributed by atoms with Crippen LogP contribution in [0.3, 0.4) is 0 Å². The van der Waals surface area contributed by atoms with Crippen LogP contribution in [0.15, 0.2) is 48.5 Å². The number of amides is 3. The normalized spacial score (nSPS) is 18.9. The van der Waals surface area contributed by atoms with Gasteiger partial charge in [0.15, 0.2) is 0 Å². The van der Waals surface area contributed by atoms with Crippen molar-refractivity contribution >= 4 is 23.3 Å². The fraction of sp³-hybridized carbons (Fsp3) is 0.300. The summed E-state index contributed by atoms with van der Waals surface area (Å²) >= 11 is 0. The average molecular weight is 428 g/mol. The Morgan fingerprint density at radius 1 is 0.700 bits per heavy atom. The molecule has 0 aromatic heterocycles. The molecule has 2 fully saturated rings. The number of carbonyl (C=O) groups excluding carboxylic acids is 2. The first-order valence-electron chi connectivity index (χ1n) is 8.98. The molecule has 2 aromatic rings. The summed E-state index contributed by atoms with van der Waals surface area (Å²) in [6.07, 6.45) is -7.86. The molecule has 3 amide bonds. The summed E-state index contributed by atoms with van der Waals surface area (Å²) in [6.45, 7) is 0. The highest BCUT2D eigenvalue weighted by atomic mass is 19.4. The van der Waals surface area contributed by atoms with Crippen LogP contribution in [0.5, 0.6) is 0 Å². The maximum absolute atomic E-state index is 13.1. The SMILES string of the molecule is O=C1N(c2ccc(C(F)(F)F)cc2)C(=O)C2(CCC2)N1c1ccc(C(F)(F)F)cc1. The Morgan fingerprint density at radius 3 is 1.50 bits per heavy atom. The number of halogens is 6. The monoisotopic (exact) mass is 428 g/mol. The number of imide groups is 1. The molecule has 1 heterocycles. The third-order valence-electron chi connectivity index (χ3n) is 5.50. The molecule has 4 rings (SSSR count). The number of nitrogens with zero attached hydrogens (tertiary/aromatic N) is 2. The van der Waals surface area contributed by atoms with Gasteiger partial charge in [-0.25, -0.2) is 9.69 Å². The van der Waals surface area contributed by atoms with Gasteiger partial charge in [-0.2, -0.15) is 26.3 Å². The molecule has 2 aliphatic rings. The third kappa shape index (κ3) is 3.01. The number of benzene rings is 2. The molecule has 30 heavy (non-hydrogen) atoms. The number of carbonyl (C=O) groups is 2. The molecule has 0 N–H and O–H groups in total. The second-order valence-electron chi connectivity index (χ2n) is 7.23. The lowest BCUT2D eigenvalue weighted by Gasteiger charge is -2.42. The molecule has 1 aliphatic heterocycles. The zero-order valence-electron chi connectivity index (χ0n) is 15.2. The number of alkyl halides is 6. The number of hydrogen-bond acceptors (Lipinski definition) is 2. The largest absolute Gasteiger partial charge is 0.416 e. The van der Waals surface area contributed by atoms with E-state index in [9.17, 15) is 35.9 Å². The lowest BCUT2D eigenvalue weighted by Crippen LogP contribution is -2.55. The van der Waals surface area contributed by atoms with E-state index >= 15 is 0 Å². The van der Waals surface area contributed by atoms with Crippen molar-refractivity contribution in [1.82, 2.24) is 0 Å². The molecule has 2 aromatic carbocycles. The van der Waals surface area contributed by atoms with Gasteiger partial charge in [0.2, 0.25) is 0 Å². The van der Waals surface area contributed by atoms with E-state index in [1.807, 2.05) is 0 Å². The molecule has 1 aliphatic carbocycles. The van der Waals surface area contributed by atoms with Crippen molar-refractivity contribution in [2.45, 2.75) is 37.2 Å². The molecular weight excluding hydrogens is 414 g/mol. The van der Waals surface area contributed by atoms with E-state index in [0.717, 1.165) is 58.3 Å². The van der Waals surface area contributed by atoms with Crippen LogP contribution < -0.4 is 9.80 Å². The standard InChI is InChI=1S/C20H14F6N2O2/c21-19(22,23)12-2-6-14(7-3-12)27-16(29)18(10-1-11-18)28(17(27)30)15-8-4-13(5-9-15)20(24,25)26/h2-9H,1,10-11H2. The zero-order valence-corrected chi connectivity index (χ0v) is 15.2. The summed E-state index contributed by atoms with van der Waals surface area (Å²) in [5.41, 5.74) is -2.97. The molecule has 0 unspecified atom stereocenters. The Balaban J connectivity index is 1.71. The highest BCUT2D eigenvalue weighted by Gasteiger charge is 2.61. The van der Waals surface area contributed by atoms with Crippen LogP contribution >= 0.6 is 0 Å². The summed E-state index contributed by atoms with van der Waals surface area (Å²) < 4.78 is 76.9. The molecule has 0 radical (unpaired) electrons. The maximum atomic E-state index is 13.1. The van der Waals surface area contributed by atoms with Crippen LogP contribution in [0.4, 0.5) is 42.5 Å². The van der Waals surface area contributed by atoms with E-state index in [2.05, 4.69) is 0 Å². The van der Waals surface area contributed by atoms with Gasteiger partial charge >= 0.3 is 18.4 Å². The van der Waals surface area contributed by atoms with E-state index in [1.54, 1.807) is 0 Å². The first kappa shape index (κ1) is 20.2. The van der Waals surface area contributed by atoms with Gasteiger partial charge in [-0.3, -0.25) is 9.69 Å². The van der Waals surface area contributed by atoms with Gasteiger partial charge < -0.3 is 0 Å². The molecule has 1 spiro atoms. The summed E-state index contributed by atoms with van der Waals surface area (Å²) in [7, 11) is 0. The van der Waals surface area contributed by atoms with Crippen LogP contribution in [0.25, 0.3) is 0 Å². The average Bonchev–Trinajstić information content (AvgIpc) is 2.87. The topological polar surface area (TPSA) is 40.6 Å². The van der Waals surface area contributed by atoms with Crippen molar-refractivity contribution in [3.05, 3.63) is 59.7 Å². The van der Waals surface area contributed by atoms with Gasteiger partial charge in [0.1, 0.15) is 5.54 Å². The Morgan fingerprint density at radius 2 is 1.13 bits per heavy atom. The van der Waals surface area contributed by atoms with Crippen LogP contribution in [0.2, 0.25) is 0 Å². The van der Waals surface area contributed by atoms with E-state index in [0.29, 0.717) is 19.3 Å². The quantitative estimate of drug-likeness (QED) is 0.460. The van der Waals surface area contributed by atoms with Crippen molar-refractivity contribution in [3.63, 3.8) is 0 Å². The lowest BCUT2D eigenvalue weighted by atomic mass is 9.75. The highest BCUT2D eigenvalue weighted by molar-refractivity contribution is 6.30. The van der Waals surface area contributed by atoms with Gasteiger partial charge in [-0.05, 0) is 67.8 Å². The van der Waals surface area contributed by atoms with Crippen molar-refractivity contribution < 1.29 is 35.9 Å². The van der Waals surface area contributed by atoms with Crippen LogP contribution in [0, 0.1) is 0 Å². The molecule has 4 nitrogen and oxygen atoms in total. The third-order valence-corrected chi connectivity index (χ3v) is 5.50. The molecule has 0 atom stereocenters. The molecule has 158 valence electrons. The van der Waals surface area contributed by atoms with E-state index < -0.39 is 41.0 Å². The van der Waals surface area contributed by atoms with Crippen LogP contribution in [0.1, 0.15) is 30.4 Å². The fourth-order valence-corrected chi connectivity index (χ4v) is 3.81. The van der Waals surface area contributed by atoms with Gasteiger partial charge in [-0.15, -0.1) is 0 Å². The number of anilines is 2. The predicted octanol–water partition coefficient (Wildman–Crippen LogP) is 5.62. The number of hydrogen-bond donors (Lipinski definition) is 0. The number of urea groups is 1. The first-order chi connectivity index (χ1) is 13.9. The zero-order chi connectivity index (χ0) is 21.9. The molecule has 1 saturated carbocycles. The smallest absolute Gasteiger partial charge is 0.278 e. The van der Waals surface area contributed by atoms with Gasteiger partial charge in [-0.1, -0.05) is 0 Å². The first-order valence-corrected chi connectivity index (χ1v) is 8.98. The Hall–Kier alpha value is -3.04. The summed E-state index contributed by atoms with van der Waals surface area (Å²) in [5, 5.41) is 0. The Bertz CT molecular complexity index is 992. The minimum atomic E-state index is -4.57. The number of rotatable bonds is 2. The fourth-order valence-electron chi connectivity index (χ4n) is 3.81. The van der Waals surface area contributed by atoms with Crippen molar-refractivity contribution in [1.29, 1.82) is 0 Å². The van der Waals surface area contributed by atoms with Gasteiger partial charge in [0.25, 0.3) is 5.91 Å². The van der Waals surface area contributed by atoms with E-state index in [4.69, 9.17) is 0 Å². The second-order valence-corrected chi connectivity index (χ2v) is 7.23. The molecule has 0 bridgehead atoms. The minimum Gasteiger partial charge on any atom is -0.278 e. The molecule has 10 heteroatoms. The summed E-state index contributed by atoms with van der Waals surface area (Å²) in [4.78, 5) is 28.1. The summed E-state index contributed by atoms with van der Waals surface area (Å²) in [6, 6.07) is 6.66. The van der Waals surface area contributed by atoms with Crippen molar-refractivity contribution in [3.8, 4) is 0 Å².